The van der Waals surface area contributed by atoms with E-state index in [0.717, 1.165) is 0 Å². The number of nitrogens with one attached hydrogen (secondary N) is 2. The Labute approximate surface area is 113 Å². The van der Waals surface area contributed by atoms with Crippen molar-refractivity contribution in [3.05, 3.63) is 0 Å². The molecule has 0 saturated carbocycles. The van der Waals surface area contributed by atoms with Crippen LogP contribution < -0.4 is 10.6 Å². The zero-order valence-corrected chi connectivity index (χ0v) is 12.1. The third-order valence-corrected chi connectivity index (χ3v) is 2.53. The lowest BCUT2D eigenvalue weighted by Crippen LogP contribution is -2.42. The van der Waals surface area contributed by atoms with Gasteiger partial charge in [-0.1, -0.05) is 34.1 Å². The van der Waals surface area contributed by atoms with Crippen molar-refractivity contribution < 1.29 is 19.5 Å². The fourth-order valence-electron chi connectivity index (χ4n) is 1.37. The Bertz CT molecular complexity index is 334. The third-order valence-electron chi connectivity index (χ3n) is 2.53. The molecule has 6 nitrogen and oxygen atoms in total. The highest BCUT2D eigenvalue weighted by Gasteiger charge is 2.21. The summed E-state index contributed by atoms with van der Waals surface area (Å²) in [5, 5.41) is 14.0. The molecule has 0 aliphatic carbocycles. The molecule has 0 bridgehead atoms. The van der Waals surface area contributed by atoms with Crippen molar-refractivity contribution in [1.29, 1.82) is 0 Å². The molecule has 0 heterocycles. The average molecular weight is 272 g/mol. The molecule has 2 amide bonds. The van der Waals surface area contributed by atoms with Gasteiger partial charge in [-0.25, -0.2) is 4.79 Å². The minimum Gasteiger partial charge on any atom is -0.480 e. The summed E-state index contributed by atoms with van der Waals surface area (Å²) >= 11 is 0. The van der Waals surface area contributed by atoms with Crippen LogP contribution in [0.5, 0.6) is 0 Å². The van der Waals surface area contributed by atoms with Crippen molar-refractivity contribution in [1.82, 2.24) is 10.6 Å². The van der Waals surface area contributed by atoms with E-state index < -0.39 is 17.4 Å². The minimum absolute atomic E-state index is 0.0787. The normalized spacial score (nSPS) is 12.6. The molecule has 3 N–H and O–H groups in total. The first kappa shape index (κ1) is 17.4. The van der Waals surface area contributed by atoms with Crippen LogP contribution >= 0.6 is 0 Å². The first-order valence-electron chi connectivity index (χ1n) is 6.49. The molecule has 0 unspecified atom stereocenters. The van der Waals surface area contributed by atoms with Crippen LogP contribution in [0.3, 0.4) is 0 Å². The molecule has 0 saturated heterocycles. The van der Waals surface area contributed by atoms with Gasteiger partial charge in [0.2, 0.25) is 11.8 Å². The van der Waals surface area contributed by atoms with E-state index >= 15 is 0 Å². The van der Waals surface area contributed by atoms with Gasteiger partial charge in [0.25, 0.3) is 0 Å². The number of aliphatic carboxylic acids is 1. The summed E-state index contributed by atoms with van der Waals surface area (Å²) in [7, 11) is 0. The molecular weight excluding hydrogens is 248 g/mol. The van der Waals surface area contributed by atoms with E-state index in [0.29, 0.717) is 12.8 Å². The molecule has 1 atom stereocenters. The third kappa shape index (κ3) is 7.43. The second kappa shape index (κ2) is 7.76. The van der Waals surface area contributed by atoms with E-state index in [1.165, 1.54) is 0 Å². The van der Waals surface area contributed by atoms with E-state index in [9.17, 15) is 14.4 Å². The fraction of sp³-hybridized carbons (Fsp3) is 0.769. The van der Waals surface area contributed by atoms with E-state index in [1.54, 1.807) is 20.8 Å². The summed E-state index contributed by atoms with van der Waals surface area (Å²) in [5.41, 5.74) is -0.498. The van der Waals surface area contributed by atoms with Crippen LogP contribution in [0, 0.1) is 5.41 Å². The van der Waals surface area contributed by atoms with E-state index in [2.05, 4.69) is 10.6 Å². The topological polar surface area (TPSA) is 95.5 Å². The van der Waals surface area contributed by atoms with Gasteiger partial charge in [0.15, 0.2) is 0 Å². The number of carbonyl (C=O) groups excluding carboxylic acids is 2. The molecule has 0 radical (unpaired) electrons. The molecule has 0 fully saturated rings. The Morgan fingerprint density at radius 2 is 1.79 bits per heavy atom. The molecule has 0 aromatic rings. The number of amides is 2. The van der Waals surface area contributed by atoms with Gasteiger partial charge >= 0.3 is 5.97 Å². The lowest BCUT2D eigenvalue weighted by Gasteiger charge is -2.18. The predicted octanol–water partition coefficient (Wildman–Crippen LogP) is 0.908. The highest BCUT2D eigenvalue weighted by atomic mass is 16.4. The van der Waals surface area contributed by atoms with Gasteiger partial charge in [0.05, 0.1) is 0 Å². The zero-order valence-electron chi connectivity index (χ0n) is 12.1. The Morgan fingerprint density at radius 3 is 2.21 bits per heavy atom. The summed E-state index contributed by atoms with van der Waals surface area (Å²) in [6.07, 6.45) is 1.16. The Balaban J connectivity index is 4.05. The summed E-state index contributed by atoms with van der Waals surface area (Å²) in [6.45, 7) is 7.41. The first-order valence-corrected chi connectivity index (χ1v) is 6.49. The molecule has 0 rings (SSSR count). The summed E-state index contributed by atoms with van der Waals surface area (Å²) in [5.74, 6) is -1.53. The molecule has 6 heteroatoms. The lowest BCUT2D eigenvalue weighted by atomic mass is 9.96. The quantitative estimate of drug-likeness (QED) is 0.642. The largest absolute Gasteiger partial charge is 0.480 e. The second-order valence-electron chi connectivity index (χ2n) is 5.50. The van der Waals surface area contributed by atoms with Gasteiger partial charge in [0.1, 0.15) is 6.04 Å². The van der Waals surface area contributed by atoms with Gasteiger partial charge in [-0.3, -0.25) is 9.59 Å². The zero-order chi connectivity index (χ0) is 15.1. The molecule has 0 aromatic heterocycles. The van der Waals surface area contributed by atoms with Crippen molar-refractivity contribution >= 4 is 17.8 Å². The van der Waals surface area contributed by atoms with Crippen LogP contribution in [0.1, 0.15) is 47.0 Å². The first-order chi connectivity index (χ1) is 8.68. The van der Waals surface area contributed by atoms with Crippen molar-refractivity contribution in [2.24, 2.45) is 5.41 Å². The van der Waals surface area contributed by atoms with Crippen LogP contribution in [0.25, 0.3) is 0 Å². The number of hydrogen-bond acceptors (Lipinski definition) is 3. The van der Waals surface area contributed by atoms with Gasteiger partial charge < -0.3 is 15.7 Å². The smallest absolute Gasteiger partial charge is 0.326 e. The monoisotopic (exact) mass is 272 g/mol. The van der Waals surface area contributed by atoms with E-state index in [-0.39, 0.29) is 24.8 Å². The van der Waals surface area contributed by atoms with Crippen LogP contribution in [0.15, 0.2) is 0 Å². The molecule has 0 aromatic carbocycles. The van der Waals surface area contributed by atoms with Crippen molar-refractivity contribution in [3.8, 4) is 0 Å². The van der Waals surface area contributed by atoms with Gasteiger partial charge in [-0.2, -0.15) is 0 Å². The molecular formula is C13H24N2O4. The fourth-order valence-corrected chi connectivity index (χ4v) is 1.37. The number of carbonyl (C=O) groups is 3. The van der Waals surface area contributed by atoms with Gasteiger partial charge in [-0.05, 0) is 6.42 Å². The van der Waals surface area contributed by atoms with E-state index in [1.807, 2.05) is 6.92 Å². The maximum atomic E-state index is 11.5. The highest BCUT2D eigenvalue weighted by Crippen LogP contribution is 2.12. The van der Waals surface area contributed by atoms with Crippen molar-refractivity contribution in [2.45, 2.75) is 53.0 Å². The molecule has 0 aliphatic rings. The standard InChI is InChI=1S/C13H24N2O4/c1-5-6-9(11(17)18)15-10(16)7-8-14-12(19)13(2,3)4/h9H,5-8H2,1-4H3,(H,14,19)(H,15,16)(H,17,18)/t9-/m1/s1. The Kier molecular flexibility index (Phi) is 7.11. The minimum atomic E-state index is -1.03. The molecule has 0 aliphatic heterocycles. The number of hydrogen-bond donors (Lipinski definition) is 3. The number of rotatable bonds is 7. The number of carboxylic acid groups (broad SMARTS) is 1. The van der Waals surface area contributed by atoms with Crippen LogP contribution in [0.2, 0.25) is 0 Å². The highest BCUT2D eigenvalue weighted by molar-refractivity contribution is 5.84. The molecule has 0 spiro atoms. The number of carboxylic acids is 1. The SMILES string of the molecule is CCC[C@@H](NC(=O)CCNC(=O)C(C)(C)C)C(=O)O. The Hall–Kier alpha value is -1.59. The second-order valence-corrected chi connectivity index (χ2v) is 5.50. The lowest BCUT2D eigenvalue weighted by molar-refractivity contribution is -0.142. The molecule has 110 valence electrons. The Morgan fingerprint density at radius 1 is 1.21 bits per heavy atom. The van der Waals surface area contributed by atoms with Crippen LogP contribution in [-0.4, -0.2) is 35.5 Å². The van der Waals surface area contributed by atoms with Crippen LogP contribution in [0.4, 0.5) is 0 Å². The maximum Gasteiger partial charge on any atom is 0.326 e. The van der Waals surface area contributed by atoms with Crippen molar-refractivity contribution in [2.75, 3.05) is 6.54 Å². The van der Waals surface area contributed by atoms with E-state index in [4.69, 9.17) is 5.11 Å². The summed E-state index contributed by atoms with van der Waals surface area (Å²) in [4.78, 5) is 33.9. The van der Waals surface area contributed by atoms with Gasteiger partial charge in [-0.15, -0.1) is 0 Å². The van der Waals surface area contributed by atoms with Crippen molar-refractivity contribution in [3.63, 3.8) is 0 Å². The summed E-state index contributed by atoms with van der Waals surface area (Å²) < 4.78 is 0. The van der Waals surface area contributed by atoms with Gasteiger partial charge in [0, 0.05) is 18.4 Å². The average Bonchev–Trinajstić information content (AvgIpc) is 2.26. The summed E-state index contributed by atoms with van der Waals surface area (Å²) in [6, 6.07) is -0.851. The molecule has 19 heavy (non-hydrogen) atoms. The van der Waals surface area contributed by atoms with Crippen LogP contribution in [-0.2, 0) is 14.4 Å². The predicted molar refractivity (Wildman–Crippen MR) is 71.6 cm³/mol. The maximum absolute atomic E-state index is 11.5.